The van der Waals surface area contributed by atoms with Gasteiger partial charge in [-0.2, -0.15) is 0 Å². The fourth-order valence-electron chi connectivity index (χ4n) is 2.06. The van der Waals surface area contributed by atoms with Crippen LogP contribution >= 0.6 is 0 Å². The van der Waals surface area contributed by atoms with E-state index in [2.05, 4.69) is 13.8 Å². The molecule has 0 aromatic rings. The van der Waals surface area contributed by atoms with Crippen LogP contribution in [0, 0.1) is 5.92 Å². The van der Waals surface area contributed by atoms with Crippen LogP contribution in [0.5, 0.6) is 0 Å². The first kappa shape index (κ1) is 13.9. The summed E-state index contributed by atoms with van der Waals surface area (Å²) in [5, 5.41) is 20.2. The van der Waals surface area contributed by atoms with E-state index in [-0.39, 0.29) is 12.0 Å². The first-order valence-corrected chi connectivity index (χ1v) is 5.92. The van der Waals surface area contributed by atoms with Crippen LogP contribution in [0.25, 0.3) is 0 Å². The first-order valence-electron chi connectivity index (χ1n) is 5.92. The van der Waals surface area contributed by atoms with Crippen LogP contribution in [-0.2, 0) is 0 Å². The summed E-state index contributed by atoms with van der Waals surface area (Å²) in [5.74, 6) is -0.0209. The maximum Gasteiger partial charge on any atom is 0.0695 e. The topological polar surface area (TPSA) is 40.5 Å². The van der Waals surface area contributed by atoms with Gasteiger partial charge in [-0.15, -0.1) is 0 Å². The van der Waals surface area contributed by atoms with E-state index in [1.807, 2.05) is 13.8 Å². The van der Waals surface area contributed by atoms with E-state index in [0.717, 1.165) is 32.1 Å². The molecule has 0 saturated heterocycles. The van der Waals surface area contributed by atoms with Crippen molar-refractivity contribution in [2.45, 2.75) is 71.5 Å². The summed E-state index contributed by atoms with van der Waals surface area (Å²) in [4.78, 5) is 0. The highest BCUT2D eigenvalue weighted by atomic mass is 16.3. The number of hydrogen-bond acceptors (Lipinski definition) is 2. The van der Waals surface area contributed by atoms with Gasteiger partial charge in [-0.25, -0.2) is 0 Å². The molecule has 14 heavy (non-hydrogen) atoms. The summed E-state index contributed by atoms with van der Waals surface area (Å²) in [6.07, 6.45) is 3.86. The average molecular weight is 202 g/mol. The second-order valence-corrected chi connectivity index (χ2v) is 4.35. The lowest BCUT2D eigenvalue weighted by Crippen LogP contribution is -2.42. The Balaban J connectivity index is 4.34. The Morgan fingerprint density at radius 2 is 1.71 bits per heavy atom. The monoisotopic (exact) mass is 202 g/mol. The Morgan fingerprint density at radius 1 is 1.14 bits per heavy atom. The summed E-state index contributed by atoms with van der Waals surface area (Å²) in [7, 11) is 0. The third kappa shape index (κ3) is 3.58. The van der Waals surface area contributed by atoms with Gasteiger partial charge in [-0.05, 0) is 19.3 Å². The van der Waals surface area contributed by atoms with Crippen LogP contribution < -0.4 is 0 Å². The zero-order valence-corrected chi connectivity index (χ0v) is 10.1. The molecule has 0 aliphatic rings. The van der Waals surface area contributed by atoms with E-state index in [1.54, 1.807) is 0 Å². The molecule has 0 radical (unpaired) electrons. The molecule has 0 aromatic heterocycles. The zero-order chi connectivity index (χ0) is 11.2. The molecule has 0 bridgehead atoms. The maximum atomic E-state index is 10.3. The van der Waals surface area contributed by atoms with E-state index in [0.29, 0.717) is 0 Å². The van der Waals surface area contributed by atoms with Gasteiger partial charge in [0.1, 0.15) is 0 Å². The van der Waals surface area contributed by atoms with Gasteiger partial charge in [-0.1, -0.05) is 40.5 Å². The Labute approximate surface area is 88.3 Å². The molecule has 2 heteroatoms. The molecule has 0 aromatic carbocycles. The van der Waals surface area contributed by atoms with Crippen molar-refractivity contribution in [3.8, 4) is 0 Å². The lowest BCUT2D eigenvalue weighted by molar-refractivity contribution is -0.0741. The lowest BCUT2D eigenvalue weighted by Gasteiger charge is -2.36. The summed E-state index contributed by atoms with van der Waals surface area (Å²) in [6, 6.07) is 0. The van der Waals surface area contributed by atoms with E-state index in [1.165, 1.54) is 0 Å². The van der Waals surface area contributed by atoms with Gasteiger partial charge in [0.15, 0.2) is 0 Å². The minimum atomic E-state index is -0.677. The highest BCUT2D eigenvalue weighted by molar-refractivity contribution is 4.86. The van der Waals surface area contributed by atoms with Crippen molar-refractivity contribution in [1.82, 2.24) is 0 Å². The Bertz CT molecular complexity index is 147. The predicted octanol–water partition coefficient (Wildman–Crippen LogP) is 2.72. The molecule has 0 spiro atoms. The van der Waals surface area contributed by atoms with Crippen LogP contribution in [0.3, 0.4) is 0 Å². The molecular weight excluding hydrogens is 176 g/mol. The molecule has 0 aliphatic carbocycles. The molecule has 86 valence electrons. The number of rotatable bonds is 7. The average Bonchev–Trinajstić information content (AvgIpc) is 2.17. The molecule has 2 nitrogen and oxygen atoms in total. The van der Waals surface area contributed by atoms with Crippen LogP contribution in [0.4, 0.5) is 0 Å². The maximum absolute atomic E-state index is 10.3. The van der Waals surface area contributed by atoms with Crippen molar-refractivity contribution in [3.63, 3.8) is 0 Å². The second kappa shape index (κ2) is 6.41. The van der Waals surface area contributed by atoms with Gasteiger partial charge in [0, 0.05) is 5.92 Å². The van der Waals surface area contributed by atoms with Gasteiger partial charge < -0.3 is 10.2 Å². The SMILES string of the molecule is CCCC(O)C(C)C(O)(CC)CCC. The molecule has 0 aliphatic heterocycles. The van der Waals surface area contributed by atoms with Crippen LogP contribution in [0.1, 0.15) is 59.8 Å². The highest BCUT2D eigenvalue weighted by Crippen LogP contribution is 2.30. The van der Waals surface area contributed by atoms with Crippen LogP contribution in [0.15, 0.2) is 0 Å². The van der Waals surface area contributed by atoms with E-state index in [4.69, 9.17) is 0 Å². The quantitative estimate of drug-likeness (QED) is 0.666. The molecule has 0 rings (SSSR count). The molecule has 0 heterocycles. The Hall–Kier alpha value is -0.0800. The van der Waals surface area contributed by atoms with Crippen LogP contribution in [-0.4, -0.2) is 21.9 Å². The summed E-state index contributed by atoms with van der Waals surface area (Å²) >= 11 is 0. The molecule has 3 atom stereocenters. The highest BCUT2D eigenvalue weighted by Gasteiger charge is 2.34. The fourth-order valence-corrected chi connectivity index (χ4v) is 2.06. The fraction of sp³-hybridized carbons (Fsp3) is 1.00. The zero-order valence-electron chi connectivity index (χ0n) is 10.1. The largest absolute Gasteiger partial charge is 0.393 e. The Morgan fingerprint density at radius 3 is 2.07 bits per heavy atom. The van der Waals surface area contributed by atoms with Gasteiger partial charge in [0.05, 0.1) is 11.7 Å². The lowest BCUT2D eigenvalue weighted by atomic mass is 9.78. The van der Waals surface area contributed by atoms with Crippen molar-refractivity contribution in [2.75, 3.05) is 0 Å². The normalized spacial score (nSPS) is 20.1. The van der Waals surface area contributed by atoms with Crippen LogP contribution in [0.2, 0.25) is 0 Å². The van der Waals surface area contributed by atoms with E-state index >= 15 is 0 Å². The molecule has 0 amide bonds. The summed E-state index contributed by atoms with van der Waals surface area (Å²) in [6.45, 7) is 8.07. The minimum Gasteiger partial charge on any atom is -0.393 e. The van der Waals surface area contributed by atoms with Gasteiger partial charge >= 0.3 is 0 Å². The smallest absolute Gasteiger partial charge is 0.0695 e. The van der Waals surface area contributed by atoms with Gasteiger partial charge in [-0.3, -0.25) is 0 Å². The van der Waals surface area contributed by atoms with Crippen molar-refractivity contribution < 1.29 is 10.2 Å². The van der Waals surface area contributed by atoms with Gasteiger partial charge in [0.2, 0.25) is 0 Å². The van der Waals surface area contributed by atoms with Crippen molar-refractivity contribution >= 4 is 0 Å². The summed E-state index contributed by atoms with van der Waals surface area (Å²) in [5.41, 5.74) is -0.677. The molecule has 3 unspecified atom stereocenters. The van der Waals surface area contributed by atoms with Crippen molar-refractivity contribution in [2.24, 2.45) is 5.92 Å². The van der Waals surface area contributed by atoms with Gasteiger partial charge in [0.25, 0.3) is 0 Å². The molecule has 0 fully saturated rings. The van der Waals surface area contributed by atoms with Crippen molar-refractivity contribution in [1.29, 1.82) is 0 Å². The van der Waals surface area contributed by atoms with Crippen molar-refractivity contribution in [3.05, 3.63) is 0 Å². The third-order valence-corrected chi connectivity index (χ3v) is 3.30. The molecular formula is C12H26O2. The number of hydrogen-bond donors (Lipinski definition) is 2. The molecule has 2 N–H and O–H groups in total. The third-order valence-electron chi connectivity index (χ3n) is 3.30. The number of aliphatic hydroxyl groups excluding tert-OH is 1. The van der Waals surface area contributed by atoms with E-state index in [9.17, 15) is 10.2 Å². The number of aliphatic hydroxyl groups is 2. The molecule has 0 saturated carbocycles. The first-order chi connectivity index (χ1) is 6.51. The summed E-state index contributed by atoms with van der Waals surface area (Å²) < 4.78 is 0. The Kier molecular flexibility index (Phi) is 6.38. The second-order valence-electron chi connectivity index (χ2n) is 4.35. The van der Waals surface area contributed by atoms with E-state index < -0.39 is 5.60 Å². The standard InChI is InChI=1S/C12H26O2/c1-5-8-11(13)10(4)12(14,7-3)9-6-2/h10-11,13-14H,5-9H2,1-4H3. The predicted molar refractivity (Wildman–Crippen MR) is 60.2 cm³/mol. The minimum absolute atomic E-state index is 0.0209.